The Balaban J connectivity index is 1.37. The van der Waals surface area contributed by atoms with Gasteiger partial charge in [-0.1, -0.05) is 24.3 Å². The molecule has 0 bridgehead atoms. The van der Waals surface area contributed by atoms with Crippen molar-refractivity contribution in [2.24, 2.45) is 4.99 Å². The summed E-state index contributed by atoms with van der Waals surface area (Å²) in [6.07, 6.45) is 1.90. The van der Waals surface area contributed by atoms with E-state index in [9.17, 15) is 9.18 Å². The molecule has 0 aliphatic carbocycles. The molecular weight excluding hydrogens is 569 g/mol. The Labute approximate surface area is 254 Å². The number of likely N-dealkylation sites (tertiary alicyclic amines) is 1. The topological polar surface area (TPSA) is 105 Å². The first-order valence-corrected chi connectivity index (χ1v) is 14.9. The lowest BCUT2D eigenvalue weighted by molar-refractivity contribution is 0.0124. The maximum Gasteiger partial charge on any atom is 0.410 e. The van der Waals surface area contributed by atoms with Crippen LogP contribution in [0.1, 0.15) is 32.8 Å². The van der Waals surface area contributed by atoms with E-state index < -0.39 is 17.9 Å². The number of piperidine rings is 1. The summed E-state index contributed by atoms with van der Waals surface area (Å²) in [5.41, 5.74) is 3.42. The Bertz CT molecular complexity index is 1640. The normalized spacial score (nSPS) is 17.3. The number of alkyl halides is 1. The average molecular weight is 606 g/mol. The molecule has 2 aromatic heterocycles. The second-order valence-electron chi connectivity index (χ2n) is 11.7. The Morgan fingerprint density at radius 1 is 1.19 bits per heavy atom. The van der Waals surface area contributed by atoms with Gasteiger partial charge in [-0.25, -0.2) is 29.1 Å². The van der Waals surface area contributed by atoms with E-state index in [1.165, 1.54) is 16.2 Å². The standard InChI is InChI=1S/C31H36FN7O3S/c1-19-13-25(34-17-38(5)6)22-9-7-8-10-23(22)26(19)41-28-27(43-18-35-28)24-11-12-33-29(37-24)36-21-14-20(32)15-39(16-21)30(40)42-31(2,3)4/h7-13,17-18,20-21H,14-16H2,1-6H3,(H,33,36,37)/t20-,21-/m0/s1. The first kappa shape index (κ1) is 30.1. The zero-order chi connectivity index (χ0) is 30.7. The van der Waals surface area contributed by atoms with Crippen LogP contribution in [0.25, 0.3) is 21.3 Å². The molecule has 10 nitrogen and oxygen atoms in total. The third-order valence-corrected chi connectivity index (χ3v) is 7.42. The summed E-state index contributed by atoms with van der Waals surface area (Å²) in [6, 6.07) is 11.4. The molecule has 0 saturated carbocycles. The lowest BCUT2D eigenvalue weighted by Crippen LogP contribution is -2.51. The van der Waals surface area contributed by atoms with E-state index in [1.807, 2.05) is 56.3 Å². The van der Waals surface area contributed by atoms with Crippen molar-refractivity contribution >= 4 is 46.2 Å². The van der Waals surface area contributed by atoms with Gasteiger partial charge in [0.05, 0.1) is 29.8 Å². The molecule has 2 aromatic carbocycles. The highest BCUT2D eigenvalue weighted by molar-refractivity contribution is 7.13. The molecule has 1 saturated heterocycles. The van der Waals surface area contributed by atoms with Gasteiger partial charge in [-0.3, -0.25) is 0 Å². The molecule has 1 aliphatic rings. The molecule has 4 aromatic rings. The van der Waals surface area contributed by atoms with Crippen molar-refractivity contribution in [2.75, 3.05) is 32.5 Å². The fraction of sp³-hybridized carbons (Fsp3) is 0.387. The predicted octanol–water partition coefficient (Wildman–Crippen LogP) is 6.83. The third-order valence-electron chi connectivity index (χ3n) is 6.59. The number of halogens is 1. The number of thiazole rings is 1. The third kappa shape index (κ3) is 7.37. The van der Waals surface area contributed by atoms with Gasteiger partial charge in [0.15, 0.2) is 0 Å². The number of hydrogen-bond acceptors (Lipinski definition) is 9. The van der Waals surface area contributed by atoms with Crippen molar-refractivity contribution in [1.29, 1.82) is 0 Å². The Morgan fingerprint density at radius 2 is 1.95 bits per heavy atom. The summed E-state index contributed by atoms with van der Waals surface area (Å²) in [5, 5.41) is 5.09. The predicted molar refractivity (Wildman–Crippen MR) is 168 cm³/mol. The minimum absolute atomic E-state index is 0.00731. The number of aryl methyl sites for hydroxylation is 1. The Kier molecular flexibility index (Phi) is 8.77. The van der Waals surface area contributed by atoms with Crippen LogP contribution in [-0.2, 0) is 4.74 Å². The smallest absolute Gasteiger partial charge is 0.410 e. The van der Waals surface area contributed by atoms with Crippen LogP contribution in [0, 0.1) is 6.92 Å². The maximum absolute atomic E-state index is 14.6. The van der Waals surface area contributed by atoms with Crippen molar-refractivity contribution < 1.29 is 18.7 Å². The quantitative estimate of drug-likeness (QED) is 0.180. The molecule has 226 valence electrons. The van der Waals surface area contributed by atoms with E-state index in [0.717, 1.165) is 26.9 Å². The number of anilines is 1. The average Bonchev–Trinajstić information content (AvgIpc) is 3.41. The first-order chi connectivity index (χ1) is 20.5. The fourth-order valence-electron chi connectivity index (χ4n) is 4.82. The molecular formula is C31H36FN7O3S. The van der Waals surface area contributed by atoms with Gasteiger partial charge >= 0.3 is 6.09 Å². The summed E-state index contributed by atoms with van der Waals surface area (Å²) in [6.45, 7) is 7.61. The van der Waals surface area contributed by atoms with Crippen molar-refractivity contribution in [3.05, 3.63) is 53.7 Å². The highest BCUT2D eigenvalue weighted by Gasteiger charge is 2.33. The van der Waals surface area contributed by atoms with Crippen LogP contribution in [0.4, 0.5) is 20.8 Å². The monoisotopic (exact) mass is 605 g/mol. The highest BCUT2D eigenvalue weighted by atomic mass is 32.1. The zero-order valence-electron chi connectivity index (χ0n) is 25.2. The summed E-state index contributed by atoms with van der Waals surface area (Å²) in [4.78, 5) is 34.8. The summed E-state index contributed by atoms with van der Waals surface area (Å²) < 4.78 is 26.5. The first-order valence-electron chi connectivity index (χ1n) is 14.0. The largest absolute Gasteiger partial charge is 0.444 e. The zero-order valence-corrected chi connectivity index (χ0v) is 26.0. The number of nitrogens with one attached hydrogen (secondary N) is 1. The van der Waals surface area contributed by atoms with Gasteiger partial charge in [-0.2, -0.15) is 0 Å². The van der Waals surface area contributed by atoms with Crippen LogP contribution >= 0.6 is 11.3 Å². The van der Waals surface area contributed by atoms with Crippen LogP contribution in [0.3, 0.4) is 0 Å². The number of amides is 1. The molecule has 12 heteroatoms. The number of aliphatic imine (C=N–C) groups is 1. The molecule has 1 fully saturated rings. The van der Waals surface area contributed by atoms with Crippen LogP contribution in [0.5, 0.6) is 11.6 Å². The number of nitrogens with zero attached hydrogens (tertiary/aromatic N) is 6. The highest BCUT2D eigenvalue weighted by Crippen LogP contribution is 2.41. The number of ether oxygens (including phenoxy) is 2. The van der Waals surface area contributed by atoms with Crippen LogP contribution < -0.4 is 10.1 Å². The van der Waals surface area contributed by atoms with Gasteiger partial charge < -0.3 is 24.6 Å². The molecule has 2 atom stereocenters. The SMILES string of the molecule is Cc1cc(N=CN(C)C)c2ccccc2c1Oc1ncsc1-c1ccnc(N[C@H]2C[C@H](F)CN(C(=O)OC(C)(C)C)C2)n1. The lowest BCUT2D eigenvalue weighted by Gasteiger charge is -2.36. The van der Waals surface area contributed by atoms with Crippen molar-refractivity contribution in [3.8, 4) is 22.2 Å². The number of benzene rings is 2. The van der Waals surface area contributed by atoms with Crippen molar-refractivity contribution in [1.82, 2.24) is 24.8 Å². The van der Waals surface area contributed by atoms with Crippen LogP contribution in [0.2, 0.25) is 0 Å². The minimum atomic E-state index is -1.19. The molecule has 5 rings (SSSR count). The molecule has 1 amide bonds. The van der Waals surface area contributed by atoms with E-state index in [1.54, 1.807) is 44.9 Å². The number of hydrogen-bond donors (Lipinski definition) is 1. The molecule has 0 spiro atoms. The number of aromatic nitrogens is 3. The summed E-state index contributed by atoms with van der Waals surface area (Å²) >= 11 is 1.40. The van der Waals surface area contributed by atoms with Gasteiger partial charge in [0.2, 0.25) is 11.8 Å². The lowest BCUT2D eigenvalue weighted by atomic mass is 10.0. The number of carbonyl (C=O) groups excluding carboxylic acids is 1. The molecule has 1 N–H and O–H groups in total. The Morgan fingerprint density at radius 3 is 2.70 bits per heavy atom. The van der Waals surface area contributed by atoms with E-state index in [4.69, 9.17) is 14.5 Å². The van der Waals surface area contributed by atoms with E-state index in [2.05, 4.69) is 20.3 Å². The molecule has 1 aliphatic heterocycles. The van der Waals surface area contributed by atoms with Crippen molar-refractivity contribution in [2.45, 2.75) is 51.9 Å². The van der Waals surface area contributed by atoms with Gasteiger partial charge in [0, 0.05) is 50.1 Å². The summed E-state index contributed by atoms with van der Waals surface area (Å²) in [5.74, 6) is 1.44. The van der Waals surface area contributed by atoms with Gasteiger partial charge in [-0.05, 0) is 45.4 Å². The maximum atomic E-state index is 14.6. The Hall–Kier alpha value is -4.32. The van der Waals surface area contributed by atoms with E-state index in [-0.39, 0.29) is 25.6 Å². The summed E-state index contributed by atoms with van der Waals surface area (Å²) in [7, 11) is 3.86. The van der Waals surface area contributed by atoms with E-state index in [0.29, 0.717) is 23.3 Å². The molecule has 0 radical (unpaired) electrons. The van der Waals surface area contributed by atoms with Gasteiger partial charge in [0.25, 0.3) is 0 Å². The number of carbonyl (C=O) groups is 1. The second-order valence-corrected chi connectivity index (χ2v) is 12.6. The molecule has 3 heterocycles. The second kappa shape index (κ2) is 12.5. The van der Waals surface area contributed by atoms with Gasteiger partial charge in [0.1, 0.15) is 22.4 Å². The minimum Gasteiger partial charge on any atom is -0.444 e. The number of fused-ring (bicyclic) bond motifs is 1. The number of rotatable bonds is 7. The van der Waals surface area contributed by atoms with E-state index >= 15 is 0 Å². The molecule has 0 unspecified atom stereocenters. The van der Waals surface area contributed by atoms with Crippen LogP contribution in [-0.4, -0.2) is 82.2 Å². The van der Waals surface area contributed by atoms with Gasteiger partial charge in [-0.15, -0.1) is 11.3 Å². The van der Waals surface area contributed by atoms with Crippen LogP contribution in [0.15, 0.2) is 53.1 Å². The fourth-order valence-corrected chi connectivity index (χ4v) is 5.50. The molecule has 43 heavy (non-hydrogen) atoms. The van der Waals surface area contributed by atoms with Crippen molar-refractivity contribution in [3.63, 3.8) is 0 Å².